The molecule has 2 unspecified atom stereocenters. The van der Waals surface area contributed by atoms with Crippen LogP contribution in [-0.4, -0.2) is 48.8 Å². The quantitative estimate of drug-likeness (QED) is 0.500. The zero-order chi connectivity index (χ0) is 22.5. The lowest BCUT2D eigenvalue weighted by Gasteiger charge is -2.34. The number of ketones is 1. The van der Waals surface area contributed by atoms with Crippen LogP contribution in [-0.2, 0) is 14.3 Å². The number of rotatable bonds is 5. The van der Waals surface area contributed by atoms with E-state index in [2.05, 4.69) is 21.2 Å². The first-order chi connectivity index (χ1) is 15.5. The second kappa shape index (κ2) is 10.2. The van der Waals surface area contributed by atoms with Gasteiger partial charge in [0.25, 0.3) is 0 Å². The Balaban J connectivity index is 1.55. The van der Waals surface area contributed by atoms with Crippen LogP contribution in [0, 0.1) is 11.8 Å². The predicted molar refractivity (Wildman–Crippen MR) is 125 cm³/mol. The highest BCUT2D eigenvalue weighted by atomic mass is 79.9. The van der Waals surface area contributed by atoms with Gasteiger partial charge in [0.15, 0.2) is 5.78 Å². The molecule has 1 fully saturated rings. The van der Waals surface area contributed by atoms with Crippen molar-refractivity contribution in [2.24, 2.45) is 11.8 Å². The summed E-state index contributed by atoms with van der Waals surface area (Å²) in [5.74, 6) is -1.33. The molecular weight excluding hydrogens is 472 g/mol. The number of nitrogens with one attached hydrogen (secondary N) is 1. The van der Waals surface area contributed by atoms with Crippen molar-refractivity contribution < 1.29 is 19.1 Å². The van der Waals surface area contributed by atoms with E-state index in [1.54, 1.807) is 47.4 Å². The van der Waals surface area contributed by atoms with Crippen molar-refractivity contribution in [3.05, 3.63) is 76.3 Å². The lowest BCUT2D eigenvalue weighted by molar-refractivity contribution is -0.144. The van der Waals surface area contributed by atoms with Crippen LogP contribution in [0.15, 0.2) is 65.2 Å². The highest BCUT2D eigenvalue weighted by molar-refractivity contribution is 9.10. The van der Waals surface area contributed by atoms with Gasteiger partial charge in [0.2, 0.25) is 11.8 Å². The zero-order valence-corrected chi connectivity index (χ0v) is 19.2. The number of benzene rings is 2. The Labute approximate surface area is 195 Å². The van der Waals surface area contributed by atoms with Crippen molar-refractivity contribution in [1.82, 2.24) is 4.90 Å². The smallest absolute Gasteiger partial charge is 0.228 e. The Kier molecular flexibility index (Phi) is 7.17. The lowest BCUT2D eigenvalue weighted by Crippen LogP contribution is -2.47. The average molecular weight is 497 g/mol. The first-order valence-corrected chi connectivity index (χ1v) is 11.6. The van der Waals surface area contributed by atoms with Gasteiger partial charge in [0, 0.05) is 28.7 Å². The number of carbonyl (C=O) groups excluding carboxylic acids is 3. The summed E-state index contributed by atoms with van der Waals surface area (Å²) in [6.07, 6.45) is 4.94. The number of hydrogen-bond acceptors (Lipinski definition) is 4. The second-order valence-corrected chi connectivity index (χ2v) is 8.88. The van der Waals surface area contributed by atoms with Crippen LogP contribution in [0.1, 0.15) is 28.8 Å². The molecule has 166 valence electrons. The molecule has 1 aliphatic heterocycles. The first-order valence-electron chi connectivity index (χ1n) is 10.8. The molecule has 1 N–H and O–H groups in total. The largest absolute Gasteiger partial charge is 0.378 e. The number of ether oxygens (including phenoxy) is 1. The normalized spacial score (nSPS) is 20.6. The van der Waals surface area contributed by atoms with Gasteiger partial charge < -0.3 is 15.0 Å². The number of amides is 2. The van der Waals surface area contributed by atoms with Crippen molar-refractivity contribution in [1.29, 1.82) is 0 Å². The summed E-state index contributed by atoms with van der Waals surface area (Å²) in [6.45, 7) is 2.15. The summed E-state index contributed by atoms with van der Waals surface area (Å²) in [6, 6.07) is 14.2. The minimum Gasteiger partial charge on any atom is -0.378 e. The number of morpholine rings is 1. The molecule has 7 heteroatoms. The lowest BCUT2D eigenvalue weighted by atomic mass is 9.81. The highest BCUT2D eigenvalue weighted by Crippen LogP contribution is 2.31. The van der Waals surface area contributed by atoms with E-state index in [4.69, 9.17) is 4.74 Å². The Morgan fingerprint density at radius 3 is 2.34 bits per heavy atom. The fraction of sp³-hybridized carbons (Fsp3) is 0.320. The predicted octanol–water partition coefficient (Wildman–Crippen LogP) is 4.06. The first kappa shape index (κ1) is 22.4. The van der Waals surface area contributed by atoms with Gasteiger partial charge in [-0.25, -0.2) is 0 Å². The monoisotopic (exact) mass is 496 g/mol. The third-order valence-electron chi connectivity index (χ3n) is 5.93. The number of halogens is 1. The molecule has 6 nitrogen and oxygen atoms in total. The van der Waals surface area contributed by atoms with Gasteiger partial charge >= 0.3 is 0 Å². The summed E-state index contributed by atoms with van der Waals surface area (Å²) in [5, 5.41) is 2.94. The molecule has 0 spiro atoms. The third-order valence-corrected chi connectivity index (χ3v) is 6.42. The van der Waals surface area contributed by atoms with Gasteiger partial charge in [-0.3, -0.25) is 14.4 Å². The molecule has 0 aromatic heterocycles. The van der Waals surface area contributed by atoms with E-state index < -0.39 is 11.8 Å². The SMILES string of the molecule is O=C(c1ccccc1)c1cc(Br)ccc1NC(=O)C1CC=CCC1C(=O)N1CCOCC1. The van der Waals surface area contributed by atoms with Gasteiger partial charge in [-0.1, -0.05) is 58.4 Å². The van der Waals surface area contributed by atoms with Crippen LogP contribution in [0.2, 0.25) is 0 Å². The van der Waals surface area contributed by atoms with Crippen LogP contribution in [0.5, 0.6) is 0 Å². The maximum absolute atomic E-state index is 13.3. The molecule has 2 aliphatic rings. The summed E-state index contributed by atoms with van der Waals surface area (Å²) in [7, 11) is 0. The Bertz CT molecular complexity index is 1030. The number of anilines is 1. The Hall–Kier alpha value is -2.77. The average Bonchev–Trinajstić information content (AvgIpc) is 2.85. The number of hydrogen-bond donors (Lipinski definition) is 1. The van der Waals surface area contributed by atoms with Crippen molar-refractivity contribution in [2.45, 2.75) is 12.8 Å². The molecule has 0 radical (unpaired) electrons. The van der Waals surface area contributed by atoms with Crippen LogP contribution >= 0.6 is 15.9 Å². The summed E-state index contributed by atoms with van der Waals surface area (Å²) in [5.41, 5.74) is 1.39. The van der Waals surface area contributed by atoms with E-state index in [1.807, 2.05) is 18.2 Å². The van der Waals surface area contributed by atoms with E-state index >= 15 is 0 Å². The molecule has 32 heavy (non-hydrogen) atoms. The van der Waals surface area contributed by atoms with Crippen molar-refractivity contribution in [3.63, 3.8) is 0 Å². The maximum Gasteiger partial charge on any atom is 0.228 e. The molecule has 2 aromatic carbocycles. The molecule has 2 aromatic rings. The summed E-state index contributed by atoms with van der Waals surface area (Å²) >= 11 is 3.42. The molecule has 2 amide bonds. The molecule has 1 saturated heterocycles. The molecule has 0 saturated carbocycles. The molecule has 1 heterocycles. The van der Waals surface area contributed by atoms with Crippen LogP contribution in [0.25, 0.3) is 0 Å². The van der Waals surface area contributed by atoms with Gasteiger partial charge in [0.05, 0.1) is 30.7 Å². The highest BCUT2D eigenvalue weighted by Gasteiger charge is 2.37. The van der Waals surface area contributed by atoms with Gasteiger partial charge in [-0.05, 0) is 31.0 Å². The zero-order valence-electron chi connectivity index (χ0n) is 17.6. The number of carbonyl (C=O) groups is 3. The topological polar surface area (TPSA) is 75.7 Å². The molecular formula is C25H25BrN2O4. The van der Waals surface area contributed by atoms with E-state index in [9.17, 15) is 14.4 Å². The minimum absolute atomic E-state index is 0.00538. The second-order valence-electron chi connectivity index (χ2n) is 7.97. The van der Waals surface area contributed by atoms with Crippen LogP contribution in [0.3, 0.4) is 0 Å². The maximum atomic E-state index is 13.3. The van der Waals surface area contributed by atoms with Gasteiger partial charge in [0.1, 0.15) is 0 Å². The molecule has 4 rings (SSSR count). The van der Waals surface area contributed by atoms with Crippen LogP contribution in [0.4, 0.5) is 5.69 Å². The summed E-state index contributed by atoms with van der Waals surface area (Å²) < 4.78 is 6.10. The van der Waals surface area contributed by atoms with Gasteiger partial charge in [-0.15, -0.1) is 0 Å². The minimum atomic E-state index is -0.487. The van der Waals surface area contributed by atoms with E-state index in [-0.39, 0.29) is 17.6 Å². The van der Waals surface area contributed by atoms with Crippen molar-refractivity contribution >= 4 is 39.2 Å². The van der Waals surface area contributed by atoms with Crippen molar-refractivity contribution in [2.75, 3.05) is 31.6 Å². The number of allylic oxidation sites excluding steroid dienone is 2. The summed E-state index contributed by atoms with van der Waals surface area (Å²) in [4.78, 5) is 41.3. The molecule has 1 aliphatic carbocycles. The molecule has 2 atom stereocenters. The van der Waals surface area contributed by atoms with E-state index in [1.165, 1.54) is 0 Å². The third kappa shape index (κ3) is 5.00. The standard InChI is InChI=1S/C25H25BrN2O4/c26-18-10-11-22(21(16-18)23(29)17-6-2-1-3-7-17)27-24(30)19-8-4-5-9-20(19)25(31)28-12-14-32-15-13-28/h1-7,10-11,16,19-20H,8-9,12-15H2,(H,27,30). The Morgan fingerprint density at radius 2 is 1.62 bits per heavy atom. The molecule has 0 bridgehead atoms. The van der Waals surface area contributed by atoms with Crippen LogP contribution < -0.4 is 5.32 Å². The Morgan fingerprint density at radius 1 is 0.938 bits per heavy atom. The van der Waals surface area contributed by atoms with Crippen molar-refractivity contribution in [3.8, 4) is 0 Å². The van der Waals surface area contributed by atoms with E-state index in [0.717, 1.165) is 4.47 Å². The van der Waals surface area contributed by atoms with E-state index in [0.29, 0.717) is 56.0 Å². The fourth-order valence-corrected chi connectivity index (χ4v) is 4.54. The van der Waals surface area contributed by atoms with Gasteiger partial charge in [-0.2, -0.15) is 0 Å². The number of nitrogens with zero attached hydrogens (tertiary/aromatic N) is 1. The fourth-order valence-electron chi connectivity index (χ4n) is 4.18.